The highest BCUT2D eigenvalue weighted by Gasteiger charge is 2.06. The smallest absolute Gasteiger partial charge is 0.335 e. The van der Waals surface area contributed by atoms with Gasteiger partial charge in [-0.3, -0.25) is 0 Å². The van der Waals surface area contributed by atoms with Crippen molar-refractivity contribution in [3.05, 3.63) is 35.4 Å². The Bertz CT molecular complexity index is 305. The summed E-state index contributed by atoms with van der Waals surface area (Å²) in [7, 11) is 0. The molecule has 0 aromatic heterocycles. The zero-order valence-corrected chi connectivity index (χ0v) is 8.76. The van der Waals surface area contributed by atoms with Crippen molar-refractivity contribution >= 4 is 35.9 Å². The van der Waals surface area contributed by atoms with Gasteiger partial charge in [-0.1, -0.05) is 6.07 Å². The molecule has 0 amide bonds. The molecule has 0 aliphatic carbocycles. The number of hydrogen-bond acceptors (Lipinski definition) is 2. The quantitative estimate of drug-likeness (QED) is 0.814. The Morgan fingerprint density at radius 1 is 1.00 bits per heavy atom. The third kappa shape index (κ3) is 3.02. The Morgan fingerprint density at radius 2 is 1.38 bits per heavy atom. The van der Waals surface area contributed by atoms with Crippen LogP contribution in [0.4, 0.5) is 0 Å². The van der Waals surface area contributed by atoms with Gasteiger partial charge in [0, 0.05) is 0 Å². The standard InChI is InChI=1S/C8H6O4.HI/c9-7(10)5-2-1-3-6(4-5)8(11)12;/h1-4H,(H,9,10)(H,11,12);1H. The highest BCUT2D eigenvalue weighted by atomic mass is 127. The molecular weight excluding hydrogens is 287 g/mol. The molecule has 0 aliphatic heterocycles. The van der Waals surface area contributed by atoms with Crippen LogP contribution in [-0.4, -0.2) is 22.2 Å². The predicted molar refractivity (Wildman–Crippen MR) is 55.8 cm³/mol. The third-order valence-electron chi connectivity index (χ3n) is 1.36. The summed E-state index contributed by atoms with van der Waals surface area (Å²) < 4.78 is 0. The van der Waals surface area contributed by atoms with E-state index in [9.17, 15) is 9.59 Å². The molecule has 13 heavy (non-hydrogen) atoms. The van der Waals surface area contributed by atoms with E-state index in [1.165, 1.54) is 18.2 Å². The fourth-order valence-electron chi connectivity index (χ4n) is 0.785. The van der Waals surface area contributed by atoms with Gasteiger partial charge in [-0.2, -0.15) is 0 Å². The molecule has 1 rings (SSSR count). The summed E-state index contributed by atoms with van der Waals surface area (Å²) in [6.07, 6.45) is 0. The predicted octanol–water partition coefficient (Wildman–Crippen LogP) is 1.70. The van der Waals surface area contributed by atoms with Crippen molar-refractivity contribution in [2.24, 2.45) is 0 Å². The topological polar surface area (TPSA) is 74.6 Å². The van der Waals surface area contributed by atoms with Crippen molar-refractivity contribution < 1.29 is 19.8 Å². The molecule has 1 aromatic rings. The number of halogens is 1. The Kier molecular flexibility index (Phi) is 4.39. The molecule has 70 valence electrons. The lowest BCUT2D eigenvalue weighted by Crippen LogP contribution is -2.01. The molecule has 1 aromatic carbocycles. The molecule has 0 saturated carbocycles. The van der Waals surface area contributed by atoms with Gasteiger partial charge >= 0.3 is 11.9 Å². The Labute approximate surface area is 91.2 Å². The van der Waals surface area contributed by atoms with Gasteiger partial charge in [-0.05, 0) is 18.2 Å². The molecule has 5 heteroatoms. The molecular formula is C8H7IO4. The maximum atomic E-state index is 10.4. The van der Waals surface area contributed by atoms with Gasteiger partial charge in [0.2, 0.25) is 0 Å². The highest BCUT2D eigenvalue weighted by Crippen LogP contribution is 2.04. The average Bonchev–Trinajstić information content (AvgIpc) is 2.04. The van der Waals surface area contributed by atoms with Crippen molar-refractivity contribution in [2.45, 2.75) is 0 Å². The van der Waals surface area contributed by atoms with Gasteiger partial charge in [0.15, 0.2) is 0 Å². The van der Waals surface area contributed by atoms with Crippen LogP contribution in [0.15, 0.2) is 24.3 Å². The molecule has 0 saturated heterocycles. The van der Waals surface area contributed by atoms with Crippen LogP contribution in [-0.2, 0) is 0 Å². The van der Waals surface area contributed by atoms with E-state index in [0.29, 0.717) is 0 Å². The van der Waals surface area contributed by atoms with Gasteiger partial charge in [-0.25, -0.2) is 9.59 Å². The molecule has 0 heterocycles. The van der Waals surface area contributed by atoms with Crippen LogP contribution in [0, 0.1) is 0 Å². The third-order valence-corrected chi connectivity index (χ3v) is 1.36. The molecule has 0 radical (unpaired) electrons. The fourth-order valence-corrected chi connectivity index (χ4v) is 0.785. The fraction of sp³-hybridized carbons (Fsp3) is 0. The molecule has 0 unspecified atom stereocenters. The number of benzene rings is 1. The van der Waals surface area contributed by atoms with Crippen molar-refractivity contribution in [1.29, 1.82) is 0 Å². The Balaban J connectivity index is 0.00000144. The number of carboxylic acid groups (broad SMARTS) is 2. The lowest BCUT2D eigenvalue weighted by Gasteiger charge is -1.95. The van der Waals surface area contributed by atoms with Crippen LogP contribution >= 0.6 is 24.0 Å². The van der Waals surface area contributed by atoms with Crippen LogP contribution in [0.25, 0.3) is 0 Å². The second kappa shape index (κ2) is 4.80. The van der Waals surface area contributed by atoms with E-state index in [2.05, 4.69) is 0 Å². The van der Waals surface area contributed by atoms with Gasteiger partial charge in [0.25, 0.3) is 0 Å². The number of carboxylic acids is 2. The first kappa shape index (κ1) is 11.9. The van der Waals surface area contributed by atoms with E-state index < -0.39 is 11.9 Å². The summed E-state index contributed by atoms with van der Waals surface area (Å²) in [6, 6.07) is 5.20. The van der Waals surface area contributed by atoms with Gasteiger partial charge < -0.3 is 10.2 Å². The summed E-state index contributed by atoms with van der Waals surface area (Å²) >= 11 is 0. The molecule has 0 fully saturated rings. The molecule has 0 atom stereocenters. The normalized spacial score (nSPS) is 8.62. The Morgan fingerprint density at radius 3 is 1.69 bits per heavy atom. The summed E-state index contributed by atoms with van der Waals surface area (Å²) in [5.74, 6) is -2.25. The van der Waals surface area contributed by atoms with Gasteiger partial charge in [0.05, 0.1) is 11.1 Å². The maximum absolute atomic E-state index is 10.4. The van der Waals surface area contributed by atoms with Crippen LogP contribution in [0.3, 0.4) is 0 Å². The van der Waals surface area contributed by atoms with E-state index in [4.69, 9.17) is 10.2 Å². The minimum Gasteiger partial charge on any atom is -0.478 e. The maximum Gasteiger partial charge on any atom is 0.335 e. The second-order valence-corrected chi connectivity index (χ2v) is 2.19. The minimum atomic E-state index is -1.13. The molecule has 4 nitrogen and oxygen atoms in total. The number of rotatable bonds is 2. The number of aromatic carboxylic acids is 2. The zero-order valence-electron chi connectivity index (χ0n) is 6.43. The van der Waals surface area contributed by atoms with Crippen LogP contribution in [0.2, 0.25) is 0 Å². The summed E-state index contributed by atoms with van der Waals surface area (Å²) in [6.45, 7) is 0. The van der Waals surface area contributed by atoms with E-state index >= 15 is 0 Å². The van der Waals surface area contributed by atoms with E-state index in [-0.39, 0.29) is 35.1 Å². The van der Waals surface area contributed by atoms with Crippen LogP contribution in [0.1, 0.15) is 20.7 Å². The highest BCUT2D eigenvalue weighted by molar-refractivity contribution is 14.0. The average molecular weight is 294 g/mol. The molecule has 0 bridgehead atoms. The van der Waals surface area contributed by atoms with Crippen molar-refractivity contribution in [3.63, 3.8) is 0 Å². The SMILES string of the molecule is I.O=C(O)c1cccc(C(=O)O)c1. The number of hydrogen-bond donors (Lipinski definition) is 2. The van der Waals surface area contributed by atoms with Crippen LogP contribution < -0.4 is 0 Å². The minimum absolute atomic E-state index is 0. The van der Waals surface area contributed by atoms with Gasteiger partial charge in [-0.15, -0.1) is 24.0 Å². The van der Waals surface area contributed by atoms with Crippen LogP contribution in [0.5, 0.6) is 0 Å². The van der Waals surface area contributed by atoms with Crippen molar-refractivity contribution in [3.8, 4) is 0 Å². The molecule has 2 N–H and O–H groups in total. The largest absolute Gasteiger partial charge is 0.478 e. The number of carbonyl (C=O) groups is 2. The van der Waals surface area contributed by atoms with Crippen molar-refractivity contribution in [1.82, 2.24) is 0 Å². The summed E-state index contributed by atoms with van der Waals surface area (Å²) in [5, 5.41) is 17.0. The first-order valence-corrected chi connectivity index (χ1v) is 3.18. The zero-order chi connectivity index (χ0) is 9.14. The first-order valence-electron chi connectivity index (χ1n) is 3.18. The summed E-state index contributed by atoms with van der Waals surface area (Å²) in [5.41, 5.74) is -0.0372. The lowest BCUT2D eigenvalue weighted by molar-refractivity contribution is 0.0696. The second-order valence-electron chi connectivity index (χ2n) is 2.19. The Hall–Kier alpha value is -1.11. The van der Waals surface area contributed by atoms with E-state index in [1.807, 2.05) is 0 Å². The molecule has 0 aliphatic rings. The lowest BCUT2D eigenvalue weighted by atomic mass is 10.1. The van der Waals surface area contributed by atoms with E-state index in [0.717, 1.165) is 6.07 Å². The van der Waals surface area contributed by atoms with E-state index in [1.54, 1.807) is 0 Å². The monoisotopic (exact) mass is 294 g/mol. The molecule has 0 spiro atoms. The van der Waals surface area contributed by atoms with Crippen molar-refractivity contribution in [2.75, 3.05) is 0 Å². The van der Waals surface area contributed by atoms with Gasteiger partial charge in [0.1, 0.15) is 0 Å². The summed E-state index contributed by atoms with van der Waals surface area (Å²) in [4.78, 5) is 20.8. The first-order chi connectivity index (χ1) is 5.61.